The summed E-state index contributed by atoms with van der Waals surface area (Å²) in [6, 6.07) is 23.2. The second-order valence-corrected chi connectivity index (χ2v) is 11.2. The lowest BCUT2D eigenvalue weighted by atomic mass is 10.1. The fourth-order valence-electron chi connectivity index (χ4n) is 4.17. The summed E-state index contributed by atoms with van der Waals surface area (Å²) < 4.78 is 18.2. The van der Waals surface area contributed by atoms with E-state index in [0.29, 0.717) is 48.3 Å². The molecule has 5 nitrogen and oxygen atoms in total. The Hall–Kier alpha value is -3.04. The molecule has 1 amide bonds. The molecule has 9 heteroatoms. The van der Waals surface area contributed by atoms with Crippen LogP contribution in [0, 0.1) is 0 Å². The second-order valence-electron chi connectivity index (χ2n) is 8.30. The van der Waals surface area contributed by atoms with Gasteiger partial charge < -0.3 is 14.2 Å². The van der Waals surface area contributed by atoms with Crippen molar-refractivity contribution in [2.24, 2.45) is 0 Å². The van der Waals surface area contributed by atoms with E-state index in [1.165, 1.54) is 23.8 Å². The molecule has 4 aromatic carbocycles. The van der Waals surface area contributed by atoms with Gasteiger partial charge in [-0.3, -0.25) is 9.69 Å². The molecule has 0 bridgehead atoms. The zero-order chi connectivity index (χ0) is 26.8. The molecular weight excluding hydrogens is 606 g/mol. The van der Waals surface area contributed by atoms with E-state index >= 15 is 0 Å². The molecule has 0 saturated carbocycles. The molecule has 1 saturated heterocycles. The Labute approximate surface area is 243 Å². The zero-order valence-electron chi connectivity index (χ0n) is 20.4. The number of amides is 1. The molecule has 0 aromatic heterocycles. The predicted molar refractivity (Wildman–Crippen MR) is 163 cm³/mol. The van der Waals surface area contributed by atoms with E-state index < -0.39 is 0 Å². The van der Waals surface area contributed by atoms with Crippen molar-refractivity contribution < 1.29 is 19.0 Å². The summed E-state index contributed by atoms with van der Waals surface area (Å²) in [5.41, 5.74) is 2.42. The van der Waals surface area contributed by atoms with Crippen LogP contribution in [0.2, 0.25) is 5.02 Å². The summed E-state index contributed by atoms with van der Waals surface area (Å²) in [7, 11) is 3.12. The molecule has 1 aliphatic rings. The lowest BCUT2D eigenvalue weighted by Crippen LogP contribution is -2.27. The number of rotatable bonds is 7. The van der Waals surface area contributed by atoms with Crippen LogP contribution >= 0.6 is 51.5 Å². The van der Waals surface area contributed by atoms with Crippen LogP contribution in [-0.4, -0.2) is 24.4 Å². The number of hydrogen-bond acceptors (Lipinski definition) is 6. The van der Waals surface area contributed by atoms with Gasteiger partial charge in [-0.05, 0) is 74.2 Å². The molecule has 0 aliphatic carbocycles. The third-order valence-electron chi connectivity index (χ3n) is 5.99. The van der Waals surface area contributed by atoms with Crippen molar-refractivity contribution in [1.82, 2.24) is 0 Å². The van der Waals surface area contributed by atoms with Crippen LogP contribution in [0.4, 0.5) is 5.69 Å². The summed E-state index contributed by atoms with van der Waals surface area (Å²) in [6.07, 6.45) is 1.78. The first-order chi connectivity index (χ1) is 18.4. The van der Waals surface area contributed by atoms with Gasteiger partial charge in [0.15, 0.2) is 15.8 Å². The highest BCUT2D eigenvalue weighted by atomic mass is 79.9. The smallest absolute Gasteiger partial charge is 0.270 e. The van der Waals surface area contributed by atoms with Crippen molar-refractivity contribution in [3.8, 4) is 17.2 Å². The molecule has 0 unspecified atom stereocenters. The predicted octanol–water partition coefficient (Wildman–Crippen LogP) is 8.26. The van der Waals surface area contributed by atoms with Crippen LogP contribution < -0.4 is 19.1 Å². The highest BCUT2D eigenvalue weighted by molar-refractivity contribution is 9.10. The quantitative estimate of drug-likeness (QED) is 0.152. The first kappa shape index (κ1) is 26.6. The van der Waals surface area contributed by atoms with Crippen molar-refractivity contribution in [1.29, 1.82) is 0 Å². The maximum Gasteiger partial charge on any atom is 0.270 e. The molecule has 0 atom stereocenters. The molecule has 1 fully saturated rings. The number of anilines is 1. The van der Waals surface area contributed by atoms with Crippen LogP contribution in [-0.2, 0) is 11.4 Å². The second kappa shape index (κ2) is 11.4. The molecular formula is C29H21BrClNO4S2. The Balaban J connectivity index is 1.40. The van der Waals surface area contributed by atoms with Gasteiger partial charge in [0.25, 0.3) is 5.91 Å². The van der Waals surface area contributed by atoms with Crippen LogP contribution in [0.5, 0.6) is 17.2 Å². The Morgan fingerprint density at radius 3 is 2.53 bits per heavy atom. The largest absolute Gasteiger partial charge is 0.495 e. The number of hydrogen-bond donors (Lipinski definition) is 0. The van der Waals surface area contributed by atoms with E-state index in [1.807, 2.05) is 30.3 Å². The Morgan fingerprint density at radius 2 is 1.76 bits per heavy atom. The topological polar surface area (TPSA) is 48.0 Å². The number of nitrogens with zero attached hydrogens (tertiary/aromatic N) is 1. The molecule has 0 radical (unpaired) electrons. The summed E-state index contributed by atoms with van der Waals surface area (Å²) in [6.45, 7) is 0.374. The average molecular weight is 627 g/mol. The molecule has 38 heavy (non-hydrogen) atoms. The van der Waals surface area contributed by atoms with Gasteiger partial charge in [-0.25, -0.2) is 0 Å². The van der Waals surface area contributed by atoms with Crippen molar-refractivity contribution in [2.75, 3.05) is 19.1 Å². The molecule has 192 valence electrons. The molecule has 1 heterocycles. The lowest BCUT2D eigenvalue weighted by Gasteiger charge is -2.16. The van der Waals surface area contributed by atoms with Gasteiger partial charge >= 0.3 is 0 Å². The third kappa shape index (κ3) is 5.27. The minimum absolute atomic E-state index is 0.229. The van der Waals surface area contributed by atoms with Crippen molar-refractivity contribution >= 4 is 84.3 Å². The summed E-state index contributed by atoms with van der Waals surface area (Å²) in [5.74, 6) is 1.42. The minimum Gasteiger partial charge on any atom is -0.495 e. The maximum absolute atomic E-state index is 13.3. The van der Waals surface area contributed by atoms with Gasteiger partial charge in [-0.15, -0.1) is 0 Å². The fourth-order valence-corrected chi connectivity index (χ4v) is 6.29. The first-order valence-electron chi connectivity index (χ1n) is 11.5. The van der Waals surface area contributed by atoms with Gasteiger partial charge in [0.1, 0.15) is 12.4 Å². The summed E-state index contributed by atoms with van der Waals surface area (Å²) in [4.78, 5) is 15.2. The number of fused-ring (bicyclic) bond motifs is 1. The number of thioether (sulfide) groups is 1. The molecule has 5 rings (SSSR count). The average Bonchev–Trinajstić information content (AvgIpc) is 3.19. The maximum atomic E-state index is 13.3. The molecule has 1 aliphatic heterocycles. The first-order valence-corrected chi connectivity index (χ1v) is 13.9. The Kier molecular flexibility index (Phi) is 7.95. The van der Waals surface area contributed by atoms with Gasteiger partial charge in [-0.2, -0.15) is 0 Å². The molecule has 4 aromatic rings. The number of halogens is 2. The fraction of sp³-hybridized carbons (Fsp3) is 0.103. The van der Waals surface area contributed by atoms with E-state index in [4.69, 9.17) is 38.0 Å². The van der Waals surface area contributed by atoms with Crippen LogP contribution in [0.25, 0.3) is 16.8 Å². The monoisotopic (exact) mass is 625 g/mol. The highest BCUT2D eigenvalue weighted by Crippen LogP contribution is 2.41. The van der Waals surface area contributed by atoms with E-state index in [-0.39, 0.29) is 5.91 Å². The molecule has 0 spiro atoms. The summed E-state index contributed by atoms with van der Waals surface area (Å²) in [5, 5.41) is 2.70. The van der Waals surface area contributed by atoms with Crippen LogP contribution in [0.1, 0.15) is 11.1 Å². The minimum atomic E-state index is -0.229. The van der Waals surface area contributed by atoms with Crippen molar-refractivity contribution in [3.63, 3.8) is 0 Å². The van der Waals surface area contributed by atoms with Gasteiger partial charge in [0, 0.05) is 0 Å². The van der Waals surface area contributed by atoms with Gasteiger partial charge in [0.2, 0.25) is 0 Å². The van der Waals surface area contributed by atoms with E-state index in [1.54, 1.807) is 31.4 Å². The van der Waals surface area contributed by atoms with Crippen molar-refractivity contribution in [3.05, 3.63) is 98.3 Å². The standard InChI is InChI=1S/C29H21BrClNO4S2/c1-34-24-11-10-20(15-23(24)31)32-28(33)26(38-29(32)37)14-17-12-22(30)27(25(13-17)35-2)36-16-19-8-5-7-18-6-3-4-9-21(18)19/h3-15H,16H2,1-2H3/b26-14+. The van der Waals surface area contributed by atoms with Crippen LogP contribution in [0.3, 0.4) is 0 Å². The molecule has 0 N–H and O–H groups in total. The number of carbonyl (C=O) groups excluding carboxylic acids is 1. The van der Waals surface area contributed by atoms with Crippen LogP contribution in [0.15, 0.2) is 82.2 Å². The van der Waals surface area contributed by atoms with Gasteiger partial charge in [-0.1, -0.05) is 78.0 Å². The number of ether oxygens (including phenoxy) is 3. The number of thiocarbonyl (C=S) groups is 1. The Bertz CT molecular complexity index is 1600. The summed E-state index contributed by atoms with van der Waals surface area (Å²) >= 11 is 16.6. The van der Waals surface area contributed by atoms with E-state index in [0.717, 1.165) is 21.9 Å². The van der Waals surface area contributed by atoms with E-state index in [9.17, 15) is 4.79 Å². The normalized spacial score (nSPS) is 14.4. The van der Waals surface area contributed by atoms with Gasteiger partial charge in [0.05, 0.1) is 34.3 Å². The Morgan fingerprint density at radius 1 is 1.00 bits per heavy atom. The van der Waals surface area contributed by atoms with Crippen molar-refractivity contribution in [2.45, 2.75) is 6.61 Å². The third-order valence-corrected chi connectivity index (χ3v) is 8.18. The number of methoxy groups -OCH3 is 2. The SMILES string of the molecule is COc1ccc(N2C(=O)/C(=C\c3cc(Br)c(OCc4cccc5ccccc45)c(OC)c3)SC2=S)cc1Cl. The number of carbonyl (C=O) groups is 1. The van der Waals surface area contributed by atoms with E-state index in [2.05, 4.69) is 40.2 Å². The number of benzene rings is 4. The lowest BCUT2D eigenvalue weighted by molar-refractivity contribution is -0.113. The zero-order valence-corrected chi connectivity index (χ0v) is 24.3. The highest BCUT2D eigenvalue weighted by Gasteiger charge is 2.33.